The van der Waals surface area contributed by atoms with E-state index in [9.17, 15) is 14.0 Å². The lowest BCUT2D eigenvalue weighted by Crippen LogP contribution is -2.50. The van der Waals surface area contributed by atoms with Gasteiger partial charge in [-0.2, -0.15) is 0 Å². The Balaban J connectivity index is 2.19. The average Bonchev–Trinajstić information content (AvgIpc) is 2.72. The van der Waals surface area contributed by atoms with E-state index in [0.29, 0.717) is 13.0 Å². The number of carbonyl (C=O) groups is 2. The molecule has 6 heteroatoms. The number of para-hydroxylation sites is 1. The number of nitrogens with zero attached hydrogens (tertiary/aromatic N) is 1. The standard InChI is InChI=1S/C23H29FN2O3/c1-4-14-25-23(28)20(5-2)26(15-18-12-10-17(3)11-13-18)22(27)16-29-21-9-7-6-8-19(21)24/h6-13,20H,4-5,14-16H2,1-3H3,(H,25,28). The molecule has 2 aromatic carbocycles. The quantitative estimate of drug-likeness (QED) is 0.659. The fourth-order valence-electron chi connectivity index (χ4n) is 2.96. The van der Waals surface area contributed by atoms with Crippen molar-refractivity contribution < 1.29 is 18.7 Å². The van der Waals surface area contributed by atoms with E-state index < -0.39 is 11.9 Å². The molecule has 0 aromatic heterocycles. The second-order valence-electron chi connectivity index (χ2n) is 6.94. The summed E-state index contributed by atoms with van der Waals surface area (Å²) in [4.78, 5) is 27.1. The largest absolute Gasteiger partial charge is 0.481 e. The van der Waals surface area contributed by atoms with Gasteiger partial charge in [0.15, 0.2) is 18.2 Å². The van der Waals surface area contributed by atoms with E-state index in [1.807, 2.05) is 45.0 Å². The number of nitrogens with one attached hydrogen (secondary N) is 1. The molecule has 0 heterocycles. The van der Waals surface area contributed by atoms with Crippen molar-refractivity contribution in [2.45, 2.75) is 46.2 Å². The Bertz CT molecular complexity index is 808. The number of ether oxygens (including phenoxy) is 1. The predicted octanol–water partition coefficient (Wildman–Crippen LogP) is 3.85. The van der Waals surface area contributed by atoms with Crippen molar-refractivity contribution in [2.24, 2.45) is 0 Å². The molecule has 1 unspecified atom stereocenters. The average molecular weight is 400 g/mol. The highest BCUT2D eigenvalue weighted by Crippen LogP contribution is 2.17. The monoisotopic (exact) mass is 400 g/mol. The van der Waals surface area contributed by atoms with Gasteiger partial charge >= 0.3 is 0 Å². The van der Waals surface area contributed by atoms with Gasteiger partial charge in [0.1, 0.15) is 6.04 Å². The van der Waals surface area contributed by atoms with E-state index in [1.165, 1.54) is 17.0 Å². The van der Waals surface area contributed by atoms with Crippen LogP contribution in [-0.4, -0.2) is 35.9 Å². The number of hydrogen-bond acceptors (Lipinski definition) is 3. The molecule has 1 N–H and O–H groups in total. The minimum atomic E-state index is -0.625. The third-order valence-corrected chi connectivity index (χ3v) is 4.60. The smallest absolute Gasteiger partial charge is 0.261 e. The van der Waals surface area contributed by atoms with Gasteiger partial charge in [-0.3, -0.25) is 9.59 Å². The molecule has 2 rings (SSSR count). The summed E-state index contributed by atoms with van der Waals surface area (Å²) in [5, 5.41) is 2.86. The van der Waals surface area contributed by atoms with Crippen molar-refractivity contribution in [3.05, 3.63) is 65.5 Å². The molecule has 156 valence electrons. The highest BCUT2D eigenvalue weighted by Gasteiger charge is 2.28. The molecule has 5 nitrogen and oxygen atoms in total. The fourth-order valence-corrected chi connectivity index (χ4v) is 2.96. The van der Waals surface area contributed by atoms with Crippen molar-refractivity contribution in [2.75, 3.05) is 13.2 Å². The van der Waals surface area contributed by atoms with Crippen molar-refractivity contribution in [1.29, 1.82) is 0 Å². The number of carbonyl (C=O) groups excluding carboxylic acids is 2. The molecule has 0 radical (unpaired) electrons. The Hall–Kier alpha value is -2.89. The van der Waals surface area contributed by atoms with Gasteiger partial charge in [-0.05, 0) is 37.5 Å². The second kappa shape index (κ2) is 11.2. The molecule has 0 bridgehead atoms. The second-order valence-corrected chi connectivity index (χ2v) is 6.94. The molecule has 0 aliphatic rings. The van der Waals surface area contributed by atoms with Crippen LogP contribution in [-0.2, 0) is 16.1 Å². The molecule has 0 aliphatic carbocycles. The lowest BCUT2D eigenvalue weighted by molar-refractivity contribution is -0.143. The van der Waals surface area contributed by atoms with Crippen LogP contribution in [0.2, 0.25) is 0 Å². The minimum absolute atomic E-state index is 0.0135. The highest BCUT2D eigenvalue weighted by molar-refractivity contribution is 5.88. The Morgan fingerprint density at radius 3 is 2.41 bits per heavy atom. The molecule has 0 aliphatic heterocycles. The number of halogens is 1. The van der Waals surface area contributed by atoms with Crippen LogP contribution in [0.1, 0.15) is 37.8 Å². The van der Waals surface area contributed by atoms with E-state index >= 15 is 0 Å². The molecule has 2 aromatic rings. The lowest BCUT2D eigenvalue weighted by atomic mass is 10.1. The van der Waals surface area contributed by atoms with E-state index in [1.54, 1.807) is 12.1 Å². The summed E-state index contributed by atoms with van der Waals surface area (Å²) in [6, 6.07) is 13.1. The Morgan fingerprint density at radius 1 is 1.10 bits per heavy atom. The molecule has 0 fully saturated rings. The number of rotatable bonds is 10. The highest BCUT2D eigenvalue weighted by atomic mass is 19.1. The third kappa shape index (κ3) is 6.59. The van der Waals surface area contributed by atoms with Crippen LogP contribution in [0.4, 0.5) is 4.39 Å². The topological polar surface area (TPSA) is 58.6 Å². The van der Waals surface area contributed by atoms with Crippen LogP contribution in [0, 0.1) is 12.7 Å². The Labute approximate surface area is 171 Å². The first kappa shape index (κ1) is 22.4. The van der Waals surface area contributed by atoms with Crippen molar-refractivity contribution in [1.82, 2.24) is 10.2 Å². The van der Waals surface area contributed by atoms with Gasteiger partial charge in [0.05, 0.1) is 0 Å². The molecule has 0 saturated heterocycles. The zero-order valence-corrected chi connectivity index (χ0v) is 17.3. The van der Waals surface area contributed by atoms with Crippen LogP contribution < -0.4 is 10.1 Å². The Kier molecular flexibility index (Phi) is 8.65. The van der Waals surface area contributed by atoms with Gasteiger partial charge in [0, 0.05) is 13.1 Å². The SMILES string of the molecule is CCCNC(=O)C(CC)N(Cc1ccc(C)cc1)C(=O)COc1ccccc1F. The summed E-state index contributed by atoms with van der Waals surface area (Å²) in [6.07, 6.45) is 1.28. The number of aryl methyl sites for hydroxylation is 1. The number of benzene rings is 2. The maximum Gasteiger partial charge on any atom is 0.261 e. The van der Waals surface area contributed by atoms with Gasteiger partial charge < -0.3 is 15.0 Å². The van der Waals surface area contributed by atoms with Gasteiger partial charge in [-0.1, -0.05) is 55.8 Å². The van der Waals surface area contributed by atoms with Gasteiger partial charge in [-0.25, -0.2) is 4.39 Å². The maximum absolute atomic E-state index is 13.8. The summed E-state index contributed by atoms with van der Waals surface area (Å²) in [6.45, 7) is 6.31. The normalized spacial score (nSPS) is 11.6. The van der Waals surface area contributed by atoms with Gasteiger partial charge in [0.25, 0.3) is 5.91 Å². The van der Waals surface area contributed by atoms with E-state index in [0.717, 1.165) is 17.5 Å². The summed E-state index contributed by atoms with van der Waals surface area (Å²) < 4.78 is 19.2. The summed E-state index contributed by atoms with van der Waals surface area (Å²) in [5.74, 6) is -1.08. The minimum Gasteiger partial charge on any atom is -0.481 e. The lowest BCUT2D eigenvalue weighted by Gasteiger charge is -2.30. The molecular formula is C23H29FN2O3. The first-order valence-corrected chi connectivity index (χ1v) is 9.96. The molecule has 1 atom stereocenters. The summed E-state index contributed by atoms with van der Waals surface area (Å²) in [7, 11) is 0. The van der Waals surface area contributed by atoms with Crippen LogP contribution in [0.15, 0.2) is 48.5 Å². The zero-order valence-electron chi connectivity index (χ0n) is 17.3. The number of hydrogen-bond donors (Lipinski definition) is 1. The van der Waals surface area contributed by atoms with Crippen LogP contribution in [0.25, 0.3) is 0 Å². The van der Waals surface area contributed by atoms with E-state index in [-0.39, 0.29) is 30.7 Å². The van der Waals surface area contributed by atoms with Gasteiger partial charge in [0.2, 0.25) is 5.91 Å². The molecule has 29 heavy (non-hydrogen) atoms. The van der Waals surface area contributed by atoms with Gasteiger partial charge in [-0.15, -0.1) is 0 Å². The van der Waals surface area contributed by atoms with Crippen molar-refractivity contribution >= 4 is 11.8 Å². The summed E-state index contributed by atoms with van der Waals surface area (Å²) in [5.41, 5.74) is 2.03. The fraction of sp³-hybridized carbons (Fsp3) is 0.391. The number of amides is 2. The first-order chi connectivity index (χ1) is 14.0. The predicted molar refractivity (Wildman–Crippen MR) is 111 cm³/mol. The van der Waals surface area contributed by atoms with E-state index in [2.05, 4.69) is 5.32 Å². The van der Waals surface area contributed by atoms with E-state index in [4.69, 9.17) is 4.74 Å². The molecule has 0 spiro atoms. The molecule has 0 saturated carbocycles. The van der Waals surface area contributed by atoms with Crippen LogP contribution in [0.5, 0.6) is 5.75 Å². The first-order valence-electron chi connectivity index (χ1n) is 9.96. The van der Waals surface area contributed by atoms with Crippen LogP contribution >= 0.6 is 0 Å². The van der Waals surface area contributed by atoms with Crippen LogP contribution in [0.3, 0.4) is 0 Å². The molecule has 2 amide bonds. The third-order valence-electron chi connectivity index (χ3n) is 4.60. The maximum atomic E-state index is 13.8. The van der Waals surface area contributed by atoms with Crippen molar-refractivity contribution in [3.63, 3.8) is 0 Å². The zero-order chi connectivity index (χ0) is 21.2. The molecular weight excluding hydrogens is 371 g/mol. The Morgan fingerprint density at radius 2 is 1.79 bits per heavy atom. The van der Waals surface area contributed by atoms with Crippen molar-refractivity contribution in [3.8, 4) is 5.75 Å². The summed E-state index contributed by atoms with van der Waals surface area (Å²) >= 11 is 0.